The van der Waals surface area contributed by atoms with E-state index in [1.807, 2.05) is 76.2 Å². The maximum absolute atomic E-state index is 13.0. The molecule has 2 rings (SSSR count). The minimum absolute atomic E-state index is 0.00879. The largest absolute Gasteiger partial charge is 0.484 e. The van der Waals surface area contributed by atoms with Gasteiger partial charge in [-0.15, -0.1) is 0 Å². The molecule has 0 aromatic heterocycles. The average molecular weight is 383 g/mol. The molecule has 2 aromatic rings. The molecule has 0 radical (unpaired) electrons. The molecule has 0 aliphatic heterocycles. The topological polar surface area (TPSA) is 58.6 Å². The summed E-state index contributed by atoms with van der Waals surface area (Å²) in [5.41, 5.74) is 3.08. The van der Waals surface area contributed by atoms with Gasteiger partial charge in [-0.1, -0.05) is 48.0 Å². The predicted molar refractivity (Wildman–Crippen MR) is 111 cm³/mol. The number of hydrogen-bond acceptors (Lipinski definition) is 3. The molecule has 5 heteroatoms. The van der Waals surface area contributed by atoms with Crippen molar-refractivity contribution < 1.29 is 14.3 Å². The van der Waals surface area contributed by atoms with Crippen LogP contribution >= 0.6 is 0 Å². The summed E-state index contributed by atoms with van der Waals surface area (Å²) in [6.07, 6.45) is 0. The van der Waals surface area contributed by atoms with Gasteiger partial charge in [-0.2, -0.15) is 0 Å². The number of carbonyl (C=O) groups excluding carboxylic acids is 2. The Hall–Kier alpha value is -2.82. The Kier molecular flexibility index (Phi) is 7.61. The molecule has 1 N–H and O–H groups in total. The van der Waals surface area contributed by atoms with Crippen molar-refractivity contribution in [3.8, 4) is 5.75 Å². The van der Waals surface area contributed by atoms with Crippen LogP contribution in [0.5, 0.6) is 5.75 Å². The first-order chi connectivity index (χ1) is 13.3. The van der Waals surface area contributed by atoms with E-state index in [-0.39, 0.29) is 24.5 Å². The second-order valence-corrected chi connectivity index (χ2v) is 7.40. The normalized spacial score (nSPS) is 11.8. The maximum atomic E-state index is 13.0. The van der Waals surface area contributed by atoms with Crippen LogP contribution in [0.25, 0.3) is 0 Å². The van der Waals surface area contributed by atoms with Crippen molar-refractivity contribution in [3.05, 3.63) is 65.2 Å². The number of para-hydroxylation sites is 1. The minimum atomic E-state index is -0.600. The summed E-state index contributed by atoms with van der Waals surface area (Å²) >= 11 is 0. The fraction of sp³-hybridized carbons (Fsp3) is 0.391. The molecular weight excluding hydrogens is 352 g/mol. The van der Waals surface area contributed by atoms with E-state index in [0.717, 1.165) is 16.7 Å². The van der Waals surface area contributed by atoms with Gasteiger partial charge in [0.15, 0.2) is 6.61 Å². The molecule has 0 aliphatic carbocycles. The summed E-state index contributed by atoms with van der Waals surface area (Å²) in [7, 11) is 0. The summed E-state index contributed by atoms with van der Waals surface area (Å²) in [6, 6.07) is 14.9. The molecule has 0 aliphatic rings. The Morgan fingerprint density at radius 2 is 1.64 bits per heavy atom. The van der Waals surface area contributed by atoms with E-state index in [2.05, 4.69) is 5.32 Å². The van der Waals surface area contributed by atoms with Gasteiger partial charge in [0.2, 0.25) is 5.91 Å². The molecular formula is C23H30N2O3. The number of amides is 2. The van der Waals surface area contributed by atoms with Gasteiger partial charge in [0.25, 0.3) is 5.91 Å². The fourth-order valence-electron chi connectivity index (χ4n) is 2.82. The van der Waals surface area contributed by atoms with Crippen molar-refractivity contribution in [1.29, 1.82) is 0 Å². The summed E-state index contributed by atoms with van der Waals surface area (Å²) < 4.78 is 5.72. The van der Waals surface area contributed by atoms with Crippen molar-refractivity contribution >= 4 is 11.8 Å². The molecule has 5 nitrogen and oxygen atoms in total. The number of rotatable bonds is 8. The minimum Gasteiger partial charge on any atom is -0.484 e. The lowest BCUT2D eigenvalue weighted by atomic mass is 10.1. The molecule has 0 bridgehead atoms. The van der Waals surface area contributed by atoms with Crippen LogP contribution in [0, 0.1) is 13.8 Å². The van der Waals surface area contributed by atoms with Crippen LogP contribution in [0.4, 0.5) is 0 Å². The molecule has 2 amide bonds. The van der Waals surface area contributed by atoms with E-state index in [1.54, 1.807) is 11.8 Å². The predicted octanol–water partition coefficient (Wildman–Crippen LogP) is 3.62. The monoisotopic (exact) mass is 382 g/mol. The van der Waals surface area contributed by atoms with Crippen molar-refractivity contribution in [3.63, 3.8) is 0 Å². The third-order valence-corrected chi connectivity index (χ3v) is 4.52. The highest BCUT2D eigenvalue weighted by molar-refractivity contribution is 5.88. The maximum Gasteiger partial charge on any atom is 0.261 e. The van der Waals surface area contributed by atoms with Crippen LogP contribution in [0.15, 0.2) is 48.5 Å². The molecule has 2 aromatic carbocycles. The Balaban J connectivity index is 2.15. The second-order valence-electron chi connectivity index (χ2n) is 7.40. The lowest BCUT2D eigenvalue weighted by Gasteiger charge is -2.29. The molecule has 28 heavy (non-hydrogen) atoms. The lowest BCUT2D eigenvalue weighted by Crippen LogP contribution is -2.50. The van der Waals surface area contributed by atoms with E-state index < -0.39 is 6.04 Å². The number of nitrogens with zero attached hydrogens (tertiary/aromatic N) is 1. The van der Waals surface area contributed by atoms with E-state index in [0.29, 0.717) is 12.3 Å². The third-order valence-electron chi connectivity index (χ3n) is 4.52. The van der Waals surface area contributed by atoms with Gasteiger partial charge in [0.05, 0.1) is 0 Å². The fourth-order valence-corrected chi connectivity index (χ4v) is 2.82. The molecule has 0 saturated heterocycles. The SMILES string of the molecule is Cc1ccc(CN(C(=O)COc2ccccc2C)C(C)C(=O)NC(C)C)cc1. The van der Waals surface area contributed by atoms with Crippen molar-refractivity contribution in [1.82, 2.24) is 10.2 Å². The van der Waals surface area contributed by atoms with E-state index in [1.165, 1.54) is 0 Å². The lowest BCUT2D eigenvalue weighted by molar-refractivity contribution is -0.142. The van der Waals surface area contributed by atoms with Crippen LogP contribution in [0.2, 0.25) is 0 Å². The zero-order chi connectivity index (χ0) is 20.7. The van der Waals surface area contributed by atoms with Gasteiger partial charge in [-0.25, -0.2) is 0 Å². The smallest absolute Gasteiger partial charge is 0.261 e. The van der Waals surface area contributed by atoms with Crippen LogP contribution < -0.4 is 10.1 Å². The third kappa shape index (κ3) is 6.12. The van der Waals surface area contributed by atoms with Crippen LogP contribution in [-0.4, -0.2) is 35.4 Å². The number of carbonyl (C=O) groups is 2. The quantitative estimate of drug-likeness (QED) is 0.759. The number of benzene rings is 2. The van der Waals surface area contributed by atoms with E-state index >= 15 is 0 Å². The van der Waals surface area contributed by atoms with Crippen LogP contribution in [0.1, 0.15) is 37.5 Å². The second kappa shape index (κ2) is 9.93. The van der Waals surface area contributed by atoms with Gasteiger partial charge in [0, 0.05) is 12.6 Å². The number of aryl methyl sites for hydroxylation is 2. The summed E-state index contributed by atoms with van der Waals surface area (Å²) in [4.78, 5) is 27.0. The van der Waals surface area contributed by atoms with Crippen molar-refractivity contribution in [2.75, 3.05) is 6.61 Å². The van der Waals surface area contributed by atoms with E-state index in [4.69, 9.17) is 4.74 Å². The number of hydrogen-bond donors (Lipinski definition) is 1. The highest BCUT2D eigenvalue weighted by atomic mass is 16.5. The summed E-state index contributed by atoms with van der Waals surface area (Å²) in [5.74, 6) is 0.270. The Morgan fingerprint density at radius 3 is 2.25 bits per heavy atom. The Bertz CT molecular complexity index is 800. The molecule has 1 atom stereocenters. The average Bonchev–Trinajstić information content (AvgIpc) is 2.65. The molecule has 1 unspecified atom stereocenters. The number of nitrogens with one attached hydrogen (secondary N) is 1. The van der Waals surface area contributed by atoms with Gasteiger partial charge in [-0.3, -0.25) is 9.59 Å². The first-order valence-corrected chi connectivity index (χ1v) is 9.61. The molecule has 0 spiro atoms. The van der Waals surface area contributed by atoms with Gasteiger partial charge in [0.1, 0.15) is 11.8 Å². The zero-order valence-electron chi connectivity index (χ0n) is 17.4. The van der Waals surface area contributed by atoms with E-state index in [9.17, 15) is 9.59 Å². The van der Waals surface area contributed by atoms with Gasteiger partial charge >= 0.3 is 0 Å². The zero-order valence-corrected chi connectivity index (χ0v) is 17.4. The molecule has 150 valence electrons. The molecule has 0 saturated carbocycles. The highest BCUT2D eigenvalue weighted by Crippen LogP contribution is 2.17. The van der Waals surface area contributed by atoms with Crippen molar-refractivity contribution in [2.24, 2.45) is 0 Å². The summed E-state index contributed by atoms with van der Waals surface area (Å²) in [5, 5.41) is 2.88. The first kappa shape index (κ1) is 21.5. The van der Waals surface area contributed by atoms with Gasteiger partial charge in [-0.05, 0) is 51.8 Å². The standard InChI is InChI=1S/C23H30N2O3/c1-16(2)24-23(27)19(5)25(14-20-12-10-17(3)11-13-20)22(26)15-28-21-9-7-6-8-18(21)4/h6-13,16,19H,14-15H2,1-5H3,(H,24,27). The van der Waals surface area contributed by atoms with Gasteiger partial charge < -0.3 is 15.0 Å². The molecule has 0 heterocycles. The number of ether oxygens (including phenoxy) is 1. The first-order valence-electron chi connectivity index (χ1n) is 9.61. The summed E-state index contributed by atoms with van der Waals surface area (Å²) in [6.45, 7) is 9.73. The van der Waals surface area contributed by atoms with Crippen molar-refractivity contribution in [2.45, 2.75) is 53.2 Å². The Morgan fingerprint density at radius 1 is 1.00 bits per heavy atom. The van der Waals surface area contributed by atoms with Crippen LogP contribution in [-0.2, 0) is 16.1 Å². The molecule has 0 fully saturated rings. The highest BCUT2D eigenvalue weighted by Gasteiger charge is 2.26. The van der Waals surface area contributed by atoms with Crippen LogP contribution in [0.3, 0.4) is 0 Å². The Labute approximate surface area is 167 Å².